The zero-order valence-corrected chi connectivity index (χ0v) is 18.2. The van der Waals surface area contributed by atoms with E-state index in [0.717, 1.165) is 15.1 Å². The highest BCUT2D eigenvalue weighted by atomic mass is 32.2. The summed E-state index contributed by atoms with van der Waals surface area (Å²) < 4.78 is 33.1. The van der Waals surface area contributed by atoms with Crippen LogP contribution in [0.3, 0.4) is 0 Å². The van der Waals surface area contributed by atoms with Crippen LogP contribution in [0.5, 0.6) is 5.75 Å². The van der Waals surface area contributed by atoms with Gasteiger partial charge in [0.15, 0.2) is 0 Å². The van der Waals surface area contributed by atoms with Gasteiger partial charge in [0.25, 0.3) is 10.0 Å². The molecule has 0 spiro atoms. The normalized spacial score (nSPS) is 11.2. The highest BCUT2D eigenvalue weighted by Gasteiger charge is 2.27. The lowest BCUT2D eigenvalue weighted by Gasteiger charge is -2.24. The van der Waals surface area contributed by atoms with Gasteiger partial charge in [0.05, 0.1) is 17.7 Å². The molecule has 0 aromatic heterocycles. The average molecular weight is 447 g/mol. The summed E-state index contributed by atoms with van der Waals surface area (Å²) in [5.74, 6) is 0.0355. The lowest BCUT2D eigenvalue weighted by Crippen LogP contribution is -2.38. The number of methoxy groups -OCH3 is 1. The van der Waals surface area contributed by atoms with Crippen LogP contribution in [0.25, 0.3) is 10.8 Å². The molecule has 0 radical (unpaired) electrons. The summed E-state index contributed by atoms with van der Waals surface area (Å²) in [6, 6.07) is 28.0. The second kappa shape index (κ2) is 9.11. The van der Waals surface area contributed by atoms with Crippen LogP contribution in [0.15, 0.2) is 102 Å². The Morgan fingerprint density at radius 2 is 1.56 bits per heavy atom. The van der Waals surface area contributed by atoms with Gasteiger partial charge in [0, 0.05) is 11.8 Å². The number of sulfonamides is 1. The number of anilines is 2. The smallest absolute Gasteiger partial charge is 0.264 e. The summed E-state index contributed by atoms with van der Waals surface area (Å²) in [7, 11) is -2.48. The molecule has 1 N–H and O–H groups in total. The van der Waals surface area contributed by atoms with E-state index in [-0.39, 0.29) is 4.90 Å². The molecule has 0 aliphatic heterocycles. The third-order valence-electron chi connectivity index (χ3n) is 4.99. The number of rotatable bonds is 7. The van der Waals surface area contributed by atoms with Gasteiger partial charge in [0.1, 0.15) is 12.3 Å². The summed E-state index contributed by atoms with van der Waals surface area (Å²) in [5, 5.41) is 4.84. The fraction of sp³-hybridized carbons (Fsp3) is 0.0800. The zero-order chi connectivity index (χ0) is 22.6. The number of hydrogen-bond acceptors (Lipinski definition) is 4. The third-order valence-corrected chi connectivity index (χ3v) is 6.78. The van der Waals surface area contributed by atoms with Gasteiger partial charge in [-0.25, -0.2) is 8.42 Å². The second-order valence-corrected chi connectivity index (χ2v) is 9.00. The van der Waals surface area contributed by atoms with Gasteiger partial charge in [0.2, 0.25) is 5.91 Å². The Balaban J connectivity index is 1.65. The van der Waals surface area contributed by atoms with Gasteiger partial charge >= 0.3 is 0 Å². The van der Waals surface area contributed by atoms with E-state index in [1.165, 1.54) is 19.2 Å². The third kappa shape index (κ3) is 4.58. The van der Waals surface area contributed by atoms with E-state index in [4.69, 9.17) is 4.74 Å². The van der Waals surface area contributed by atoms with Gasteiger partial charge in [-0.3, -0.25) is 9.10 Å². The summed E-state index contributed by atoms with van der Waals surface area (Å²) in [5.41, 5.74) is 0.929. The molecule has 0 aliphatic carbocycles. The Labute approximate surface area is 187 Å². The molecule has 162 valence electrons. The standard InChI is InChI=1S/C25H22N2O4S/c1-31-23-11-7-10-22(17-23)27(32(29,30)24-12-3-2-4-13-24)18-25(28)26-21-15-14-19-8-5-6-9-20(19)16-21/h2-17H,18H2,1H3,(H,26,28). The molecule has 32 heavy (non-hydrogen) atoms. The Bertz CT molecular complexity index is 1350. The molecule has 1 amide bonds. The minimum atomic E-state index is -3.98. The fourth-order valence-corrected chi connectivity index (χ4v) is 4.83. The summed E-state index contributed by atoms with van der Waals surface area (Å²) in [6.45, 7) is -0.392. The van der Waals surface area contributed by atoms with Crippen LogP contribution in [-0.2, 0) is 14.8 Å². The van der Waals surface area contributed by atoms with Crippen molar-refractivity contribution in [3.05, 3.63) is 97.1 Å². The van der Waals surface area contributed by atoms with Crippen LogP contribution >= 0.6 is 0 Å². The zero-order valence-electron chi connectivity index (χ0n) is 17.4. The number of nitrogens with one attached hydrogen (secondary N) is 1. The highest BCUT2D eigenvalue weighted by Crippen LogP contribution is 2.27. The Kier molecular flexibility index (Phi) is 6.09. The summed E-state index contributed by atoms with van der Waals surface area (Å²) in [4.78, 5) is 13.0. The topological polar surface area (TPSA) is 75.7 Å². The van der Waals surface area contributed by atoms with E-state index >= 15 is 0 Å². The van der Waals surface area contributed by atoms with Gasteiger partial charge in [-0.05, 0) is 47.2 Å². The van der Waals surface area contributed by atoms with E-state index in [2.05, 4.69) is 5.32 Å². The van der Waals surface area contributed by atoms with Gasteiger partial charge in [-0.15, -0.1) is 0 Å². The van der Waals surface area contributed by atoms with E-state index in [1.54, 1.807) is 48.5 Å². The minimum Gasteiger partial charge on any atom is -0.497 e. The first-order valence-electron chi connectivity index (χ1n) is 9.98. The molecule has 0 aliphatic rings. The van der Waals surface area contributed by atoms with Crippen LogP contribution in [0.4, 0.5) is 11.4 Å². The van der Waals surface area contributed by atoms with Crippen molar-refractivity contribution in [2.45, 2.75) is 4.90 Å². The van der Waals surface area contributed by atoms with Crippen LogP contribution in [0.2, 0.25) is 0 Å². The molecule has 0 saturated carbocycles. The predicted molar refractivity (Wildman–Crippen MR) is 127 cm³/mol. The molecule has 0 unspecified atom stereocenters. The van der Waals surface area contributed by atoms with Gasteiger partial charge in [-0.1, -0.05) is 54.6 Å². The molecule has 6 nitrogen and oxygen atoms in total. The van der Waals surface area contributed by atoms with Crippen molar-refractivity contribution >= 4 is 38.1 Å². The maximum atomic E-state index is 13.4. The molecule has 0 heterocycles. The molecular formula is C25H22N2O4S. The van der Waals surface area contributed by atoms with Gasteiger partial charge < -0.3 is 10.1 Å². The number of nitrogens with zero attached hydrogens (tertiary/aromatic N) is 1. The van der Waals surface area contributed by atoms with Crippen molar-refractivity contribution in [3.8, 4) is 5.75 Å². The molecule has 4 aromatic rings. The molecule has 0 atom stereocenters. The summed E-state index contributed by atoms with van der Waals surface area (Å²) in [6.07, 6.45) is 0. The molecule has 0 fully saturated rings. The van der Waals surface area contributed by atoms with E-state index in [0.29, 0.717) is 17.1 Å². The Morgan fingerprint density at radius 1 is 0.844 bits per heavy atom. The molecule has 0 saturated heterocycles. The number of carbonyl (C=O) groups excluding carboxylic acids is 1. The molecule has 4 aromatic carbocycles. The molecule has 7 heteroatoms. The first kappa shape index (κ1) is 21.4. The molecular weight excluding hydrogens is 424 g/mol. The SMILES string of the molecule is COc1cccc(N(CC(=O)Nc2ccc3ccccc3c2)S(=O)(=O)c2ccccc2)c1. The highest BCUT2D eigenvalue weighted by molar-refractivity contribution is 7.92. The molecule has 4 rings (SSSR count). The van der Waals surface area contributed by atoms with E-state index in [9.17, 15) is 13.2 Å². The Morgan fingerprint density at radius 3 is 2.31 bits per heavy atom. The first-order chi connectivity index (χ1) is 15.5. The maximum absolute atomic E-state index is 13.4. The maximum Gasteiger partial charge on any atom is 0.264 e. The first-order valence-corrected chi connectivity index (χ1v) is 11.4. The number of carbonyl (C=O) groups is 1. The monoisotopic (exact) mass is 446 g/mol. The number of benzene rings is 4. The van der Waals surface area contributed by atoms with Crippen LogP contribution in [0.1, 0.15) is 0 Å². The van der Waals surface area contributed by atoms with Crippen molar-refractivity contribution in [2.75, 3.05) is 23.3 Å². The Hall–Kier alpha value is -3.84. The van der Waals surface area contributed by atoms with Crippen molar-refractivity contribution in [1.29, 1.82) is 0 Å². The number of fused-ring (bicyclic) bond motifs is 1. The number of amides is 1. The van der Waals surface area contributed by atoms with E-state index in [1.807, 2.05) is 36.4 Å². The quantitative estimate of drug-likeness (QED) is 0.447. The van der Waals surface area contributed by atoms with Crippen molar-refractivity contribution < 1.29 is 17.9 Å². The number of hydrogen-bond donors (Lipinski definition) is 1. The number of ether oxygens (including phenoxy) is 1. The minimum absolute atomic E-state index is 0.0984. The van der Waals surface area contributed by atoms with Crippen molar-refractivity contribution in [2.24, 2.45) is 0 Å². The second-order valence-electron chi connectivity index (χ2n) is 7.14. The van der Waals surface area contributed by atoms with Crippen LogP contribution in [0, 0.1) is 0 Å². The van der Waals surface area contributed by atoms with Crippen LogP contribution < -0.4 is 14.4 Å². The van der Waals surface area contributed by atoms with Gasteiger partial charge in [-0.2, -0.15) is 0 Å². The largest absolute Gasteiger partial charge is 0.497 e. The molecule has 0 bridgehead atoms. The van der Waals surface area contributed by atoms with Crippen molar-refractivity contribution in [3.63, 3.8) is 0 Å². The van der Waals surface area contributed by atoms with Crippen molar-refractivity contribution in [1.82, 2.24) is 0 Å². The average Bonchev–Trinajstić information content (AvgIpc) is 2.83. The van der Waals surface area contributed by atoms with Crippen LogP contribution in [-0.4, -0.2) is 28.0 Å². The fourth-order valence-electron chi connectivity index (χ4n) is 3.40. The van der Waals surface area contributed by atoms with E-state index < -0.39 is 22.5 Å². The lowest BCUT2D eigenvalue weighted by atomic mass is 10.1. The summed E-state index contributed by atoms with van der Waals surface area (Å²) >= 11 is 0. The predicted octanol–water partition coefficient (Wildman–Crippen LogP) is 4.68. The lowest BCUT2D eigenvalue weighted by molar-refractivity contribution is -0.114.